The molecule has 0 saturated heterocycles. The first-order chi connectivity index (χ1) is 9.25. The van der Waals surface area contributed by atoms with Crippen LogP contribution in [0.4, 0.5) is 0 Å². The highest BCUT2D eigenvalue weighted by atomic mass is 32.1. The van der Waals surface area contributed by atoms with Crippen LogP contribution in [0.15, 0.2) is 41.8 Å². The molecular formula is C17H24OSSi. The highest BCUT2D eigenvalue weighted by Gasteiger charge is 2.40. The molecule has 1 aromatic heterocycles. The van der Waals surface area contributed by atoms with E-state index >= 15 is 0 Å². The molecule has 20 heavy (non-hydrogen) atoms. The average molecular weight is 305 g/mol. The predicted octanol–water partition coefficient (Wildman–Crippen LogP) is 4.55. The summed E-state index contributed by atoms with van der Waals surface area (Å²) >= 11 is 1.81. The van der Waals surface area contributed by atoms with E-state index in [4.69, 9.17) is 0 Å². The second-order valence-corrected chi connectivity index (χ2v) is 13.4. The minimum absolute atomic E-state index is 0.281. The monoisotopic (exact) mass is 304 g/mol. The normalized spacial score (nSPS) is 14.3. The molecule has 0 aliphatic rings. The zero-order chi connectivity index (χ0) is 15.0. The number of aliphatic hydroxyl groups excluding tert-OH is 1. The third kappa shape index (κ3) is 2.76. The lowest BCUT2D eigenvalue weighted by molar-refractivity contribution is 0.221. The summed E-state index contributed by atoms with van der Waals surface area (Å²) in [6, 6.07) is 12.0. The molecule has 0 radical (unpaired) electrons. The van der Waals surface area contributed by atoms with Gasteiger partial charge in [0.05, 0.1) is 8.07 Å². The van der Waals surface area contributed by atoms with Crippen LogP contribution in [0.3, 0.4) is 0 Å². The lowest BCUT2D eigenvalue weighted by Crippen LogP contribution is -2.49. The summed E-state index contributed by atoms with van der Waals surface area (Å²) in [4.78, 5) is 0. The van der Waals surface area contributed by atoms with Crippen LogP contribution < -0.4 is 4.50 Å². The van der Waals surface area contributed by atoms with Crippen LogP contribution in [-0.4, -0.2) is 13.2 Å². The van der Waals surface area contributed by atoms with E-state index in [1.807, 2.05) is 41.7 Å². The SMILES string of the molecule is CC(C)(C)[Si](C)(C)c1sccc1C(O)c1ccccc1. The molecule has 0 amide bonds. The molecule has 0 spiro atoms. The van der Waals surface area contributed by atoms with Crippen molar-refractivity contribution in [2.45, 2.75) is 45.0 Å². The minimum atomic E-state index is -1.61. The Morgan fingerprint density at radius 1 is 1.05 bits per heavy atom. The van der Waals surface area contributed by atoms with Crippen molar-refractivity contribution >= 4 is 23.9 Å². The van der Waals surface area contributed by atoms with E-state index in [1.54, 1.807) is 0 Å². The summed E-state index contributed by atoms with van der Waals surface area (Å²) in [7, 11) is -1.61. The molecule has 1 unspecified atom stereocenters. The van der Waals surface area contributed by atoms with Gasteiger partial charge in [0.15, 0.2) is 0 Å². The van der Waals surface area contributed by atoms with Crippen molar-refractivity contribution in [3.05, 3.63) is 52.9 Å². The Morgan fingerprint density at radius 2 is 1.65 bits per heavy atom. The van der Waals surface area contributed by atoms with Gasteiger partial charge in [0, 0.05) is 0 Å². The molecule has 0 fully saturated rings. The quantitative estimate of drug-likeness (QED) is 0.825. The van der Waals surface area contributed by atoms with Gasteiger partial charge in [-0.1, -0.05) is 64.2 Å². The fraction of sp³-hybridized carbons (Fsp3) is 0.412. The largest absolute Gasteiger partial charge is 0.384 e. The lowest BCUT2D eigenvalue weighted by atomic mass is 10.0. The molecule has 108 valence electrons. The smallest absolute Gasteiger partial charge is 0.105 e. The van der Waals surface area contributed by atoms with E-state index in [0.717, 1.165) is 11.1 Å². The molecule has 2 aromatic rings. The Morgan fingerprint density at radius 3 is 2.20 bits per heavy atom. The van der Waals surface area contributed by atoms with Gasteiger partial charge in [-0.15, -0.1) is 0 Å². The van der Waals surface area contributed by atoms with Gasteiger partial charge in [-0.25, -0.2) is 0 Å². The Hall–Kier alpha value is -0.903. The first-order valence-electron chi connectivity index (χ1n) is 7.06. The zero-order valence-electron chi connectivity index (χ0n) is 13.0. The number of hydrogen-bond acceptors (Lipinski definition) is 2. The molecule has 2 rings (SSSR count). The first kappa shape index (κ1) is 15.5. The van der Waals surface area contributed by atoms with Crippen LogP contribution in [0, 0.1) is 0 Å². The van der Waals surface area contributed by atoms with E-state index in [0.29, 0.717) is 0 Å². The molecule has 1 nitrogen and oxygen atoms in total. The van der Waals surface area contributed by atoms with Gasteiger partial charge >= 0.3 is 0 Å². The van der Waals surface area contributed by atoms with Crippen molar-refractivity contribution < 1.29 is 5.11 Å². The Balaban J connectivity index is 2.44. The van der Waals surface area contributed by atoms with Crippen LogP contribution in [0.25, 0.3) is 0 Å². The van der Waals surface area contributed by atoms with Crippen LogP contribution >= 0.6 is 11.3 Å². The molecule has 1 atom stereocenters. The van der Waals surface area contributed by atoms with Gasteiger partial charge in [0.25, 0.3) is 0 Å². The Bertz CT molecular complexity index is 566. The topological polar surface area (TPSA) is 20.2 Å². The van der Waals surface area contributed by atoms with Crippen LogP contribution in [0.2, 0.25) is 18.1 Å². The Labute approximate surface area is 127 Å². The molecule has 3 heteroatoms. The van der Waals surface area contributed by atoms with Crippen molar-refractivity contribution in [3.63, 3.8) is 0 Å². The maximum Gasteiger partial charge on any atom is 0.105 e. The van der Waals surface area contributed by atoms with E-state index in [2.05, 4.69) is 45.3 Å². The summed E-state index contributed by atoms with van der Waals surface area (Å²) in [5.41, 5.74) is 2.08. The fourth-order valence-electron chi connectivity index (χ4n) is 2.20. The number of hydrogen-bond donors (Lipinski definition) is 1. The predicted molar refractivity (Wildman–Crippen MR) is 91.7 cm³/mol. The third-order valence-corrected chi connectivity index (χ3v) is 12.4. The lowest BCUT2D eigenvalue weighted by Gasteiger charge is -2.37. The molecule has 0 saturated carbocycles. The first-order valence-corrected chi connectivity index (χ1v) is 10.9. The van der Waals surface area contributed by atoms with Gasteiger partial charge in [-0.05, 0) is 32.1 Å². The number of benzene rings is 1. The third-order valence-electron chi connectivity index (χ3n) is 4.55. The second kappa shape index (κ2) is 5.47. The van der Waals surface area contributed by atoms with Crippen LogP contribution in [0.1, 0.15) is 38.0 Å². The summed E-state index contributed by atoms with van der Waals surface area (Å²) in [6.45, 7) is 11.8. The summed E-state index contributed by atoms with van der Waals surface area (Å²) in [5.74, 6) is 0. The van der Waals surface area contributed by atoms with Crippen LogP contribution in [0.5, 0.6) is 0 Å². The second-order valence-electron chi connectivity index (χ2n) is 6.89. The molecular weight excluding hydrogens is 280 g/mol. The van der Waals surface area contributed by atoms with Crippen molar-refractivity contribution in [2.24, 2.45) is 0 Å². The highest BCUT2D eigenvalue weighted by Crippen LogP contribution is 2.38. The number of aliphatic hydroxyl groups is 1. The molecule has 0 aliphatic heterocycles. The molecule has 0 aliphatic carbocycles. The van der Waals surface area contributed by atoms with Gasteiger partial charge in [0.1, 0.15) is 6.10 Å². The summed E-state index contributed by atoms with van der Waals surface area (Å²) in [5, 5.41) is 13.1. The van der Waals surface area contributed by atoms with Crippen molar-refractivity contribution in [1.29, 1.82) is 0 Å². The van der Waals surface area contributed by atoms with Gasteiger partial charge in [-0.3, -0.25) is 0 Å². The fourth-order valence-corrected chi connectivity index (χ4v) is 6.79. The maximum absolute atomic E-state index is 10.7. The van der Waals surface area contributed by atoms with Gasteiger partial charge in [-0.2, -0.15) is 11.3 Å². The molecule has 1 N–H and O–H groups in total. The van der Waals surface area contributed by atoms with Crippen molar-refractivity contribution in [3.8, 4) is 0 Å². The van der Waals surface area contributed by atoms with Crippen molar-refractivity contribution in [1.82, 2.24) is 0 Å². The van der Waals surface area contributed by atoms with Crippen LogP contribution in [-0.2, 0) is 0 Å². The van der Waals surface area contributed by atoms with E-state index in [9.17, 15) is 5.11 Å². The zero-order valence-corrected chi connectivity index (χ0v) is 14.8. The average Bonchev–Trinajstić information content (AvgIpc) is 2.87. The summed E-state index contributed by atoms with van der Waals surface area (Å²) in [6.07, 6.45) is -0.508. The highest BCUT2D eigenvalue weighted by molar-refractivity contribution is 7.26. The minimum Gasteiger partial charge on any atom is -0.384 e. The van der Waals surface area contributed by atoms with Gasteiger partial charge in [0.2, 0.25) is 0 Å². The van der Waals surface area contributed by atoms with E-state index < -0.39 is 14.2 Å². The Kier molecular flexibility index (Phi) is 4.24. The molecule has 1 heterocycles. The van der Waals surface area contributed by atoms with Gasteiger partial charge < -0.3 is 5.11 Å². The molecule has 1 aromatic carbocycles. The number of rotatable bonds is 3. The van der Waals surface area contributed by atoms with E-state index in [-0.39, 0.29) is 5.04 Å². The molecule has 0 bridgehead atoms. The van der Waals surface area contributed by atoms with E-state index in [1.165, 1.54) is 4.50 Å². The maximum atomic E-state index is 10.7. The summed E-state index contributed by atoms with van der Waals surface area (Å²) < 4.78 is 1.42. The van der Waals surface area contributed by atoms with Crippen molar-refractivity contribution in [2.75, 3.05) is 0 Å². The standard InChI is InChI=1S/C17H24OSSi/c1-17(2,3)20(4,5)16-14(11-12-19-16)15(18)13-9-7-6-8-10-13/h6-12,15,18H,1-5H3. The number of thiophene rings is 1.